The zero-order chi connectivity index (χ0) is 13.7. The Bertz CT molecular complexity index is 523. The van der Waals surface area contributed by atoms with E-state index in [-0.39, 0.29) is 12.1 Å². The van der Waals surface area contributed by atoms with Gasteiger partial charge in [0.15, 0.2) is 0 Å². The van der Waals surface area contributed by atoms with Crippen molar-refractivity contribution >= 4 is 10.8 Å². The number of fused-ring (bicyclic) bond motifs is 1. The normalized spacial score (nSPS) is 14.5. The van der Waals surface area contributed by atoms with E-state index in [1.54, 1.807) is 0 Å². The Hall–Kier alpha value is -1.38. The van der Waals surface area contributed by atoms with E-state index in [4.69, 9.17) is 4.74 Å². The van der Waals surface area contributed by atoms with E-state index in [0.717, 1.165) is 13.0 Å². The van der Waals surface area contributed by atoms with Crippen LogP contribution in [0.3, 0.4) is 0 Å². The second kappa shape index (κ2) is 6.69. The highest BCUT2D eigenvalue weighted by molar-refractivity contribution is 5.83. The fraction of sp³-hybridized carbons (Fsp3) is 0.412. The van der Waals surface area contributed by atoms with E-state index in [1.165, 1.54) is 16.3 Å². The van der Waals surface area contributed by atoms with Gasteiger partial charge in [-0.3, -0.25) is 0 Å². The summed E-state index contributed by atoms with van der Waals surface area (Å²) in [5, 5.41) is 5.96. The third-order valence-corrected chi connectivity index (χ3v) is 3.60. The summed E-state index contributed by atoms with van der Waals surface area (Å²) in [7, 11) is 2.00. The first-order chi connectivity index (χ1) is 9.30. The Labute approximate surface area is 115 Å². The molecule has 2 nitrogen and oxygen atoms in total. The van der Waals surface area contributed by atoms with E-state index >= 15 is 0 Å². The van der Waals surface area contributed by atoms with Gasteiger partial charge in [-0.1, -0.05) is 43.3 Å². The quantitative estimate of drug-likeness (QED) is 0.847. The number of ether oxygens (including phenoxy) is 1. The van der Waals surface area contributed by atoms with E-state index < -0.39 is 0 Å². The minimum Gasteiger partial charge on any atom is -0.377 e. The molecule has 0 spiro atoms. The van der Waals surface area contributed by atoms with Gasteiger partial charge in [0.1, 0.15) is 0 Å². The van der Waals surface area contributed by atoms with Crippen molar-refractivity contribution in [1.29, 1.82) is 0 Å². The molecule has 19 heavy (non-hydrogen) atoms. The summed E-state index contributed by atoms with van der Waals surface area (Å²) in [4.78, 5) is 0. The fourth-order valence-electron chi connectivity index (χ4n) is 2.63. The van der Waals surface area contributed by atoms with Gasteiger partial charge < -0.3 is 10.1 Å². The molecule has 102 valence electrons. The molecule has 2 unspecified atom stereocenters. The van der Waals surface area contributed by atoms with Crippen LogP contribution >= 0.6 is 0 Å². The first kappa shape index (κ1) is 14.0. The van der Waals surface area contributed by atoms with E-state index in [2.05, 4.69) is 61.6 Å². The van der Waals surface area contributed by atoms with Gasteiger partial charge in [-0.25, -0.2) is 0 Å². The van der Waals surface area contributed by atoms with Gasteiger partial charge in [0, 0.05) is 6.61 Å². The van der Waals surface area contributed by atoms with Crippen LogP contribution in [0.25, 0.3) is 10.8 Å². The van der Waals surface area contributed by atoms with Crippen LogP contribution in [-0.4, -0.2) is 19.8 Å². The molecule has 0 saturated carbocycles. The van der Waals surface area contributed by atoms with Crippen LogP contribution < -0.4 is 5.32 Å². The van der Waals surface area contributed by atoms with Gasteiger partial charge >= 0.3 is 0 Å². The lowest BCUT2D eigenvalue weighted by atomic mass is 9.97. The monoisotopic (exact) mass is 257 g/mol. The van der Waals surface area contributed by atoms with Crippen molar-refractivity contribution in [3.63, 3.8) is 0 Å². The molecule has 0 heterocycles. The molecular formula is C17H23NO. The molecule has 2 aromatic carbocycles. The smallest absolute Gasteiger partial charge is 0.0766 e. The number of nitrogens with one attached hydrogen (secondary N) is 1. The molecule has 0 amide bonds. The van der Waals surface area contributed by atoms with Crippen molar-refractivity contribution in [1.82, 2.24) is 5.32 Å². The Morgan fingerprint density at radius 2 is 1.79 bits per heavy atom. The molecule has 2 aromatic rings. The highest BCUT2D eigenvalue weighted by Gasteiger charge is 2.20. The maximum atomic E-state index is 5.85. The maximum absolute atomic E-state index is 5.85. The lowest BCUT2D eigenvalue weighted by Gasteiger charge is -2.26. The molecule has 0 aliphatic carbocycles. The first-order valence-electron chi connectivity index (χ1n) is 7.07. The van der Waals surface area contributed by atoms with Crippen LogP contribution in [0.2, 0.25) is 0 Å². The zero-order valence-electron chi connectivity index (χ0n) is 12.0. The molecule has 2 heteroatoms. The number of benzene rings is 2. The van der Waals surface area contributed by atoms with Crippen molar-refractivity contribution < 1.29 is 4.74 Å². The van der Waals surface area contributed by atoms with Gasteiger partial charge in [-0.2, -0.15) is 0 Å². The van der Waals surface area contributed by atoms with E-state index in [9.17, 15) is 0 Å². The van der Waals surface area contributed by atoms with E-state index in [0.29, 0.717) is 0 Å². The number of rotatable bonds is 6. The zero-order valence-corrected chi connectivity index (χ0v) is 12.0. The summed E-state index contributed by atoms with van der Waals surface area (Å²) in [6.07, 6.45) is 1.22. The highest BCUT2D eigenvalue weighted by atomic mass is 16.5. The van der Waals surface area contributed by atoms with Gasteiger partial charge in [-0.15, -0.1) is 0 Å². The molecule has 0 aliphatic rings. The standard InChI is InChI=1S/C17H23NO/c1-4-16(19-5-2)17(18-3)15-11-10-13-8-6-7-9-14(13)12-15/h6-12,16-18H,4-5H2,1-3H3. The van der Waals surface area contributed by atoms with Crippen molar-refractivity contribution in [2.75, 3.05) is 13.7 Å². The second-order valence-electron chi connectivity index (χ2n) is 4.77. The van der Waals surface area contributed by atoms with Crippen molar-refractivity contribution in [3.8, 4) is 0 Å². The van der Waals surface area contributed by atoms with Crippen molar-refractivity contribution in [2.24, 2.45) is 0 Å². The lowest BCUT2D eigenvalue weighted by Crippen LogP contribution is -2.31. The first-order valence-corrected chi connectivity index (χ1v) is 7.07. The third-order valence-electron chi connectivity index (χ3n) is 3.60. The molecule has 0 aromatic heterocycles. The van der Waals surface area contributed by atoms with Crippen LogP contribution in [0.1, 0.15) is 31.9 Å². The van der Waals surface area contributed by atoms with E-state index in [1.807, 2.05) is 7.05 Å². The number of likely N-dealkylation sites (N-methyl/N-ethyl adjacent to an activating group) is 1. The second-order valence-corrected chi connectivity index (χ2v) is 4.77. The topological polar surface area (TPSA) is 21.3 Å². The number of hydrogen-bond donors (Lipinski definition) is 1. The Morgan fingerprint density at radius 3 is 2.42 bits per heavy atom. The molecule has 1 N–H and O–H groups in total. The van der Waals surface area contributed by atoms with Crippen molar-refractivity contribution in [2.45, 2.75) is 32.4 Å². The van der Waals surface area contributed by atoms with Gasteiger partial charge in [0.05, 0.1) is 12.1 Å². The summed E-state index contributed by atoms with van der Waals surface area (Å²) < 4.78 is 5.85. The summed E-state index contributed by atoms with van der Waals surface area (Å²) >= 11 is 0. The van der Waals surface area contributed by atoms with Crippen molar-refractivity contribution in [3.05, 3.63) is 48.0 Å². The molecule has 0 radical (unpaired) electrons. The summed E-state index contributed by atoms with van der Waals surface area (Å²) in [5.74, 6) is 0. The average molecular weight is 257 g/mol. The predicted molar refractivity (Wildman–Crippen MR) is 81.5 cm³/mol. The van der Waals surface area contributed by atoms with Crippen LogP contribution in [0.5, 0.6) is 0 Å². The SMILES string of the molecule is CCOC(CC)C(NC)c1ccc2ccccc2c1. The molecule has 0 saturated heterocycles. The fourth-order valence-corrected chi connectivity index (χ4v) is 2.63. The molecule has 0 bridgehead atoms. The molecular weight excluding hydrogens is 234 g/mol. The lowest BCUT2D eigenvalue weighted by molar-refractivity contribution is 0.0334. The minimum absolute atomic E-state index is 0.219. The highest BCUT2D eigenvalue weighted by Crippen LogP contribution is 2.25. The summed E-state index contributed by atoms with van der Waals surface area (Å²) in [6.45, 7) is 4.98. The van der Waals surface area contributed by atoms with Gasteiger partial charge in [0.2, 0.25) is 0 Å². The number of hydrogen-bond acceptors (Lipinski definition) is 2. The summed E-state index contributed by atoms with van der Waals surface area (Å²) in [6, 6.07) is 15.4. The largest absolute Gasteiger partial charge is 0.377 e. The molecule has 0 aliphatic heterocycles. The summed E-state index contributed by atoms with van der Waals surface area (Å²) in [5.41, 5.74) is 1.29. The Balaban J connectivity index is 2.34. The van der Waals surface area contributed by atoms with Gasteiger partial charge in [-0.05, 0) is 42.8 Å². The Morgan fingerprint density at radius 1 is 1.05 bits per heavy atom. The van der Waals surface area contributed by atoms with Crippen LogP contribution in [0.15, 0.2) is 42.5 Å². The predicted octanol–water partition coefficient (Wildman–Crippen LogP) is 3.92. The van der Waals surface area contributed by atoms with Gasteiger partial charge in [0.25, 0.3) is 0 Å². The van der Waals surface area contributed by atoms with Crippen LogP contribution in [0, 0.1) is 0 Å². The maximum Gasteiger partial charge on any atom is 0.0766 e. The minimum atomic E-state index is 0.219. The average Bonchev–Trinajstić information content (AvgIpc) is 2.47. The Kier molecular flexibility index (Phi) is 4.94. The third kappa shape index (κ3) is 3.14. The molecule has 0 fully saturated rings. The van der Waals surface area contributed by atoms with Crippen LogP contribution in [0.4, 0.5) is 0 Å². The molecule has 2 rings (SSSR count). The molecule has 2 atom stereocenters. The van der Waals surface area contributed by atoms with Crippen LogP contribution in [-0.2, 0) is 4.74 Å².